The molecule has 0 amide bonds. The number of methoxy groups -OCH3 is 1. The van der Waals surface area contributed by atoms with Crippen LogP contribution in [0.3, 0.4) is 0 Å². The molecule has 35 heavy (non-hydrogen) atoms. The second-order valence-electron chi connectivity index (χ2n) is 8.79. The van der Waals surface area contributed by atoms with Gasteiger partial charge in [-0.3, -0.25) is 4.68 Å². The van der Waals surface area contributed by atoms with Crippen molar-refractivity contribution in [2.45, 2.75) is 18.9 Å². The molecule has 3 aromatic heterocycles. The van der Waals surface area contributed by atoms with Gasteiger partial charge in [-0.2, -0.15) is 5.10 Å². The Morgan fingerprint density at radius 3 is 2.80 bits per heavy atom. The summed E-state index contributed by atoms with van der Waals surface area (Å²) in [7, 11) is 3.80. The van der Waals surface area contributed by atoms with Gasteiger partial charge in [-0.25, -0.2) is 19.3 Å². The van der Waals surface area contributed by atoms with Crippen molar-refractivity contribution in [2.75, 3.05) is 32.6 Å². The predicted octanol–water partition coefficient (Wildman–Crippen LogP) is 5.26. The highest BCUT2D eigenvalue weighted by Gasteiger charge is 2.21. The van der Waals surface area contributed by atoms with E-state index in [1.807, 2.05) is 18.3 Å². The molecule has 1 aliphatic rings. The van der Waals surface area contributed by atoms with Crippen LogP contribution in [0.1, 0.15) is 18.9 Å². The van der Waals surface area contributed by atoms with E-state index in [0.717, 1.165) is 42.4 Å². The maximum absolute atomic E-state index is 15.1. The Morgan fingerprint density at radius 1 is 1.11 bits per heavy atom. The summed E-state index contributed by atoms with van der Waals surface area (Å²) in [5.74, 6) is 0.872. The number of hydrogen-bond acceptors (Lipinski definition) is 8. The van der Waals surface area contributed by atoms with E-state index in [0.29, 0.717) is 39.0 Å². The SMILES string of the molecule is COc1cc2ncnc(Nc3ccc4ncsc4c3F)c2cc1-c1cnn(C2CCN(C)CC2)c1. The van der Waals surface area contributed by atoms with E-state index in [2.05, 4.69) is 48.2 Å². The molecule has 10 heteroatoms. The Kier molecular flexibility index (Phi) is 5.54. The number of nitrogens with zero attached hydrogens (tertiary/aromatic N) is 6. The van der Waals surface area contributed by atoms with Crippen molar-refractivity contribution in [1.82, 2.24) is 29.6 Å². The van der Waals surface area contributed by atoms with Crippen LogP contribution in [0.25, 0.3) is 32.2 Å². The van der Waals surface area contributed by atoms with Crippen LogP contribution in [0, 0.1) is 5.82 Å². The maximum atomic E-state index is 15.1. The molecule has 0 unspecified atom stereocenters. The molecule has 4 heterocycles. The molecule has 0 bridgehead atoms. The molecule has 6 rings (SSSR count). The normalized spacial score (nSPS) is 15.2. The Morgan fingerprint density at radius 2 is 1.97 bits per heavy atom. The van der Waals surface area contributed by atoms with Crippen molar-refractivity contribution in [2.24, 2.45) is 0 Å². The molecule has 0 saturated carbocycles. The van der Waals surface area contributed by atoms with Crippen LogP contribution in [-0.2, 0) is 0 Å². The Labute approximate surface area is 205 Å². The molecule has 2 aromatic carbocycles. The van der Waals surface area contributed by atoms with Gasteiger partial charge in [0.2, 0.25) is 0 Å². The Balaban J connectivity index is 1.39. The molecular formula is C25H24FN7OS. The van der Waals surface area contributed by atoms with Crippen molar-refractivity contribution in [1.29, 1.82) is 0 Å². The number of aromatic nitrogens is 5. The van der Waals surface area contributed by atoms with Gasteiger partial charge in [0.25, 0.3) is 0 Å². The largest absolute Gasteiger partial charge is 0.496 e. The fourth-order valence-electron chi connectivity index (χ4n) is 4.63. The van der Waals surface area contributed by atoms with Gasteiger partial charge >= 0.3 is 0 Å². The van der Waals surface area contributed by atoms with E-state index in [1.165, 1.54) is 17.7 Å². The van der Waals surface area contributed by atoms with Crippen molar-refractivity contribution >= 4 is 44.0 Å². The molecule has 0 radical (unpaired) electrons. The lowest BCUT2D eigenvalue weighted by atomic mass is 10.0. The third-order valence-corrected chi connectivity index (χ3v) is 7.46. The zero-order chi connectivity index (χ0) is 23.9. The first-order valence-electron chi connectivity index (χ1n) is 11.5. The summed E-state index contributed by atoms with van der Waals surface area (Å²) >= 11 is 1.27. The van der Waals surface area contributed by atoms with Gasteiger partial charge in [-0.1, -0.05) is 0 Å². The molecule has 0 atom stereocenters. The first kappa shape index (κ1) is 21.9. The van der Waals surface area contributed by atoms with E-state index < -0.39 is 0 Å². The highest BCUT2D eigenvalue weighted by atomic mass is 32.1. The lowest BCUT2D eigenvalue weighted by molar-refractivity contribution is 0.212. The van der Waals surface area contributed by atoms with Crippen LogP contribution in [-0.4, -0.2) is 56.9 Å². The van der Waals surface area contributed by atoms with Gasteiger partial charge in [-0.15, -0.1) is 11.3 Å². The first-order chi connectivity index (χ1) is 17.1. The van der Waals surface area contributed by atoms with Crippen LogP contribution in [0.5, 0.6) is 5.75 Å². The predicted molar refractivity (Wildman–Crippen MR) is 136 cm³/mol. The summed E-state index contributed by atoms with van der Waals surface area (Å²) in [6, 6.07) is 7.73. The summed E-state index contributed by atoms with van der Waals surface area (Å²) in [4.78, 5) is 15.4. The lowest BCUT2D eigenvalue weighted by Crippen LogP contribution is -2.31. The minimum Gasteiger partial charge on any atom is -0.496 e. The van der Waals surface area contributed by atoms with Gasteiger partial charge < -0.3 is 15.0 Å². The quantitative estimate of drug-likeness (QED) is 0.361. The lowest BCUT2D eigenvalue weighted by Gasteiger charge is -2.28. The molecule has 178 valence electrons. The maximum Gasteiger partial charge on any atom is 0.166 e. The summed E-state index contributed by atoms with van der Waals surface area (Å²) < 4.78 is 23.4. The van der Waals surface area contributed by atoms with Crippen molar-refractivity contribution in [3.8, 4) is 16.9 Å². The van der Waals surface area contributed by atoms with Crippen LogP contribution < -0.4 is 10.1 Å². The Bertz CT molecular complexity index is 1520. The average Bonchev–Trinajstić information content (AvgIpc) is 3.56. The molecule has 1 saturated heterocycles. The smallest absolute Gasteiger partial charge is 0.166 e. The number of halogens is 1. The summed E-state index contributed by atoms with van der Waals surface area (Å²) in [6.07, 6.45) is 7.56. The number of piperidine rings is 1. The number of ether oxygens (including phenoxy) is 1. The summed E-state index contributed by atoms with van der Waals surface area (Å²) in [6.45, 7) is 2.13. The van der Waals surface area contributed by atoms with E-state index in [9.17, 15) is 0 Å². The number of benzene rings is 2. The second-order valence-corrected chi connectivity index (χ2v) is 9.64. The number of hydrogen-bond donors (Lipinski definition) is 1. The van der Waals surface area contributed by atoms with E-state index >= 15 is 4.39 Å². The van der Waals surface area contributed by atoms with Gasteiger partial charge in [0.1, 0.15) is 17.9 Å². The monoisotopic (exact) mass is 489 g/mol. The van der Waals surface area contributed by atoms with Crippen LogP contribution in [0.15, 0.2) is 48.5 Å². The number of rotatable bonds is 5. The molecule has 8 nitrogen and oxygen atoms in total. The van der Waals surface area contributed by atoms with Crippen molar-refractivity contribution in [3.63, 3.8) is 0 Å². The number of thiazole rings is 1. The fourth-order valence-corrected chi connectivity index (χ4v) is 5.36. The third-order valence-electron chi connectivity index (χ3n) is 6.62. The number of likely N-dealkylation sites (tertiary alicyclic amines) is 1. The number of fused-ring (bicyclic) bond motifs is 2. The molecular weight excluding hydrogens is 465 g/mol. The molecule has 0 aliphatic carbocycles. The van der Waals surface area contributed by atoms with Gasteiger partial charge in [-0.05, 0) is 51.2 Å². The molecule has 1 N–H and O–H groups in total. The van der Waals surface area contributed by atoms with Crippen LogP contribution in [0.4, 0.5) is 15.9 Å². The minimum absolute atomic E-state index is 0.342. The van der Waals surface area contributed by atoms with Gasteiger partial charge in [0.05, 0.1) is 46.3 Å². The zero-order valence-corrected chi connectivity index (χ0v) is 20.2. The fraction of sp³-hybridized carbons (Fsp3) is 0.280. The van der Waals surface area contributed by atoms with E-state index in [4.69, 9.17) is 4.74 Å². The standard InChI is InChI=1S/C25H24FN7OS/c1-32-7-5-16(6-8-32)33-12-15(11-30-33)17-9-18-21(10-22(17)34-2)27-13-28-25(18)31-19-3-4-20-24(23(19)26)35-14-29-20/h3-4,9-14,16H,5-8H2,1-2H3,(H,27,28,31). The highest BCUT2D eigenvalue weighted by Crippen LogP contribution is 2.37. The average molecular weight is 490 g/mol. The highest BCUT2D eigenvalue weighted by molar-refractivity contribution is 7.16. The second kappa shape index (κ2) is 8.86. The van der Waals surface area contributed by atoms with Gasteiger partial charge in [0, 0.05) is 28.8 Å². The molecule has 1 aliphatic heterocycles. The molecule has 0 spiro atoms. The minimum atomic E-state index is -0.343. The van der Waals surface area contributed by atoms with Crippen molar-refractivity contribution in [3.05, 3.63) is 54.3 Å². The number of anilines is 2. The van der Waals surface area contributed by atoms with Crippen LogP contribution in [0.2, 0.25) is 0 Å². The molecule has 1 fully saturated rings. The number of nitrogens with one attached hydrogen (secondary N) is 1. The van der Waals surface area contributed by atoms with Crippen LogP contribution >= 0.6 is 11.3 Å². The Hall–Kier alpha value is -3.63. The van der Waals surface area contributed by atoms with Crippen molar-refractivity contribution < 1.29 is 9.13 Å². The summed E-state index contributed by atoms with van der Waals surface area (Å²) in [5, 5.41) is 8.59. The first-order valence-corrected chi connectivity index (χ1v) is 12.3. The topological polar surface area (TPSA) is 81.0 Å². The van der Waals surface area contributed by atoms with E-state index in [-0.39, 0.29) is 5.82 Å². The summed E-state index contributed by atoms with van der Waals surface area (Å²) in [5.41, 5.74) is 5.16. The zero-order valence-electron chi connectivity index (χ0n) is 19.4. The van der Waals surface area contributed by atoms with E-state index in [1.54, 1.807) is 24.8 Å². The molecule has 5 aromatic rings. The third kappa shape index (κ3) is 3.98. The van der Waals surface area contributed by atoms with Gasteiger partial charge in [0.15, 0.2) is 5.82 Å².